The van der Waals surface area contributed by atoms with Crippen LogP contribution in [-0.2, 0) is 6.61 Å². The second-order valence-corrected chi connectivity index (χ2v) is 6.29. The number of hydrogen-bond donors (Lipinski definition) is 1. The molecule has 0 spiro atoms. The van der Waals surface area contributed by atoms with E-state index < -0.39 is 0 Å². The molecule has 1 heteroatoms. The molecule has 0 saturated carbocycles. The van der Waals surface area contributed by atoms with Gasteiger partial charge in [0.15, 0.2) is 0 Å². The quantitative estimate of drug-likeness (QED) is 0.490. The van der Waals surface area contributed by atoms with Crippen LogP contribution in [0.2, 0.25) is 0 Å². The Kier molecular flexibility index (Phi) is 2.39. The van der Waals surface area contributed by atoms with Crippen molar-refractivity contribution >= 4 is 0 Å². The van der Waals surface area contributed by atoms with E-state index in [2.05, 4.69) is 66.7 Å². The number of hydrogen-bond acceptors (Lipinski definition) is 1. The Morgan fingerprint density at radius 2 is 1.27 bits per heavy atom. The second-order valence-electron chi connectivity index (χ2n) is 6.29. The van der Waals surface area contributed by atoms with Gasteiger partial charge in [-0.1, -0.05) is 66.7 Å². The Balaban J connectivity index is 1.91. The van der Waals surface area contributed by atoms with Crippen LogP contribution in [0.1, 0.15) is 50.8 Å². The summed E-state index contributed by atoms with van der Waals surface area (Å²) < 4.78 is 0. The first-order valence-electron chi connectivity index (χ1n) is 7.79. The summed E-state index contributed by atoms with van der Waals surface area (Å²) in [5.74, 6) is 0.606. The van der Waals surface area contributed by atoms with Gasteiger partial charge in [-0.15, -0.1) is 0 Å². The van der Waals surface area contributed by atoms with E-state index in [4.69, 9.17) is 0 Å². The Morgan fingerprint density at radius 1 is 0.636 bits per heavy atom. The van der Waals surface area contributed by atoms with Crippen LogP contribution in [0.3, 0.4) is 0 Å². The molecule has 6 rings (SSSR count). The molecule has 0 aromatic heterocycles. The molecule has 0 fully saturated rings. The average Bonchev–Trinajstić information content (AvgIpc) is 2.73. The Bertz CT molecular complexity index is 894. The Labute approximate surface area is 129 Å². The van der Waals surface area contributed by atoms with Gasteiger partial charge in [-0.05, 0) is 38.9 Å². The lowest BCUT2D eigenvalue weighted by molar-refractivity contribution is 0.281. The zero-order valence-electron chi connectivity index (χ0n) is 12.2. The number of benzene rings is 3. The van der Waals surface area contributed by atoms with Crippen molar-refractivity contribution in [3.05, 3.63) is 106 Å². The summed E-state index contributed by atoms with van der Waals surface area (Å²) in [6.45, 7) is 0.101. The fraction of sp³-hybridized carbons (Fsp3) is 0.143. The van der Waals surface area contributed by atoms with Crippen LogP contribution in [0.25, 0.3) is 0 Å². The molecule has 0 aliphatic heterocycles. The first-order valence-corrected chi connectivity index (χ1v) is 7.79. The van der Waals surface area contributed by atoms with E-state index in [0.717, 1.165) is 5.56 Å². The van der Waals surface area contributed by atoms with Gasteiger partial charge in [0.05, 0.1) is 6.61 Å². The van der Waals surface area contributed by atoms with Gasteiger partial charge >= 0.3 is 0 Å². The lowest BCUT2D eigenvalue weighted by atomic mass is 9.71. The fourth-order valence-corrected chi connectivity index (χ4v) is 4.24. The molecule has 0 amide bonds. The maximum absolute atomic E-state index is 9.52. The van der Waals surface area contributed by atoms with Gasteiger partial charge in [-0.3, -0.25) is 0 Å². The summed E-state index contributed by atoms with van der Waals surface area (Å²) in [7, 11) is 0. The SMILES string of the molecule is OCc1ccc2c(c1)[C@H]1c3cccc(c3)[C@H]2c2ccccc21. The third kappa shape index (κ3) is 1.47. The Morgan fingerprint density at radius 3 is 1.95 bits per heavy atom. The monoisotopic (exact) mass is 284 g/mol. The van der Waals surface area contributed by atoms with Gasteiger partial charge in [-0.25, -0.2) is 0 Å². The van der Waals surface area contributed by atoms with Crippen molar-refractivity contribution in [2.24, 2.45) is 0 Å². The minimum Gasteiger partial charge on any atom is -0.392 e. The maximum Gasteiger partial charge on any atom is 0.0681 e. The summed E-state index contributed by atoms with van der Waals surface area (Å²) >= 11 is 0. The molecule has 0 heterocycles. The topological polar surface area (TPSA) is 20.2 Å². The fourth-order valence-electron chi connectivity index (χ4n) is 4.24. The molecule has 1 nitrogen and oxygen atoms in total. The number of aliphatic hydroxyl groups excluding tert-OH is 1. The highest BCUT2D eigenvalue weighted by atomic mass is 16.3. The molecule has 3 aliphatic rings. The zero-order valence-corrected chi connectivity index (χ0v) is 12.2. The highest BCUT2D eigenvalue weighted by molar-refractivity contribution is 5.64. The van der Waals surface area contributed by atoms with Gasteiger partial charge < -0.3 is 5.11 Å². The van der Waals surface area contributed by atoms with Crippen LogP contribution in [-0.4, -0.2) is 5.11 Å². The van der Waals surface area contributed by atoms with E-state index in [1.807, 2.05) is 0 Å². The van der Waals surface area contributed by atoms with E-state index in [9.17, 15) is 5.11 Å². The van der Waals surface area contributed by atoms with Gasteiger partial charge in [0.1, 0.15) is 0 Å². The molecule has 3 aliphatic carbocycles. The Hall–Kier alpha value is -2.38. The van der Waals surface area contributed by atoms with Crippen LogP contribution in [0.5, 0.6) is 0 Å². The highest BCUT2D eigenvalue weighted by Crippen LogP contribution is 2.51. The molecular weight excluding hydrogens is 268 g/mol. The molecule has 22 heavy (non-hydrogen) atoms. The van der Waals surface area contributed by atoms with E-state index in [1.54, 1.807) is 0 Å². The van der Waals surface area contributed by atoms with Crippen molar-refractivity contribution in [3.8, 4) is 0 Å². The largest absolute Gasteiger partial charge is 0.392 e. The van der Waals surface area contributed by atoms with Crippen molar-refractivity contribution in [1.82, 2.24) is 0 Å². The number of rotatable bonds is 1. The summed E-state index contributed by atoms with van der Waals surface area (Å²) in [6.07, 6.45) is 0. The van der Waals surface area contributed by atoms with Crippen molar-refractivity contribution in [2.75, 3.05) is 0 Å². The van der Waals surface area contributed by atoms with Crippen LogP contribution in [0, 0.1) is 0 Å². The second kappa shape index (κ2) is 4.31. The molecule has 106 valence electrons. The summed E-state index contributed by atoms with van der Waals surface area (Å²) in [4.78, 5) is 0. The van der Waals surface area contributed by atoms with E-state index >= 15 is 0 Å². The summed E-state index contributed by atoms with van der Waals surface area (Å²) in [5, 5.41) is 9.52. The van der Waals surface area contributed by atoms with E-state index in [1.165, 1.54) is 33.4 Å². The predicted octanol–water partition coefficient (Wildman–Crippen LogP) is 4.17. The minimum absolute atomic E-state index is 0.101. The van der Waals surface area contributed by atoms with Gasteiger partial charge in [0.25, 0.3) is 0 Å². The first-order chi connectivity index (χ1) is 10.9. The predicted molar refractivity (Wildman–Crippen MR) is 87.1 cm³/mol. The molecular formula is C21H16O. The third-order valence-electron chi connectivity index (χ3n) is 5.15. The van der Waals surface area contributed by atoms with Crippen LogP contribution in [0.4, 0.5) is 0 Å². The van der Waals surface area contributed by atoms with E-state index in [0.29, 0.717) is 5.92 Å². The van der Waals surface area contributed by atoms with Gasteiger partial charge in [-0.2, -0.15) is 0 Å². The summed E-state index contributed by atoms with van der Waals surface area (Å²) in [5.41, 5.74) is 9.33. The van der Waals surface area contributed by atoms with Crippen LogP contribution in [0.15, 0.2) is 66.7 Å². The smallest absolute Gasteiger partial charge is 0.0681 e. The minimum atomic E-state index is 0.101. The third-order valence-corrected chi connectivity index (χ3v) is 5.15. The molecule has 3 aromatic rings. The molecule has 4 bridgehead atoms. The molecule has 0 radical (unpaired) electrons. The molecule has 0 saturated heterocycles. The van der Waals surface area contributed by atoms with E-state index in [-0.39, 0.29) is 12.5 Å². The normalized spacial score (nSPS) is 20.2. The molecule has 2 atom stereocenters. The highest BCUT2D eigenvalue weighted by Gasteiger charge is 2.36. The van der Waals surface area contributed by atoms with Crippen molar-refractivity contribution in [2.45, 2.75) is 18.4 Å². The van der Waals surface area contributed by atoms with Gasteiger partial charge in [0.2, 0.25) is 0 Å². The summed E-state index contributed by atoms with van der Waals surface area (Å²) in [6, 6.07) is 24.3. The lowest BCUT2D eigenvalue weighted by Gasteiger charge is -2.31. The zero-order chi connectivity index (χ0) is 14.7. The maximum atomic E-state index is 9.52. The molecule has 3 aromatic carbocycles. The van der Waals surface area contributed by atoms with Crippen LogP contribution < -0.4 is 0 Å². The average molecular weight is 284 g/mol. The first kappa shape index (κ1) is 12.2. The number of aliphatic hydroxyl groups is 1. The molecule has 1 N–H and O–H groups in total. The van der Waals surface area contributed by atoms with Crippen molar-refractivity contribution < 1.29 is 5.11 Å². The van der Waals surface area contributed by atoms with Gasteiger partial charge in [0, 0.05) is 11.8 Å². The molecule has 0 unspecified atom stereocenters. The standard InChI is InChI=1S/C21H16O/c22-12-13-8-9-18-19(10-13)21-15-5-3-4-14(11-15)20(18)16-6-1-2-7-17(16)21/h1-11,20-22H,12H2/t20-,21-/m0/s1. The van der Waals surface area contributed by atoms with Crippen molar-refractivity contribution in [3.63, 3.8) is 0 Å². The van der Waals surface area contributed by atoms with Crippen molar-refractivity contribution in [1.29, 1.82) is 0 Å². The van der Waals surface area contributed by atoms with Crippen LogP contribution >= 0.6 is 0 Å². The lowest BCUT2D eigenvalue weighted by Crippen LogP contribution is -2.17.